The Morgan fingerprint density at radius 1 is 0.692 bits per heavy atom. The molecule has 0 aliphatic carbocycles. The molecule has 0 atom stereocenters. The zero-order valence-corrected chi connectivity index (χ0v) is 15.6. The van der Waals surface area contributed by atoms with Crippen LogP contribution in [0.2, 0.25) is 0 Å². The second-order valence-corrected chi connectivity index (χ2v) is 5.72. The van der Waals surface area contributed by atoms with Crippen molar-refractivity contribution in [2.75, 3.05) is 13.2 Å². The number of rotatable bonds is 6. The molecule has 0 saturated carbocycles. The van der Waals surface area contributed by atoms with E-state index in [0.29, 0.717) is 11.1 Å². The van der Waals surface area contributed by atoms with E-state index in [1.54, 1.807) is 38.1 Å². The summed E-state index contributed by atoms with van der Waals surface area (Å²) in [7, 11) is 0. The Labute approximate surface area is 153 Å². The van der Waals surface area contributed by atoms with Crippen LogP contribution in [0.15, 0.2) is 48.5 Å². The van der Waals surface area contributed by atoms with Gasteiger partial charge in [-0.25, -0.2) is 9.68 Å². The Bertz CT molecular complexity index is 676. The van der Waals surface area contributed by atoms with Crippen LogP contribution in [0.4, 0.5) is 0 Å². The third-order valence-electron chi connectivity index (χ3n) is 3.61. The maximum absolute atomic E-state index is 12.9. The lowest BCUT2D eigenvalue weighted by molar-refractivity contribution is -0.341. The first kappa shape index (κ1) is 19.6. The van der Waals surface area contributed by atoms with E-state index in [0.717, 1.165) is 21.5 Å². The van der Waals surface area contributed by atoms with E-state index in [9.17, 15) is 9.59 Å². The highest BCUT2D eigenvalue weighted by molar-refractivity contribution is 5.98. The van der Waals surface area contributed by atoms with Crippen LogP contribution in [0, 0.1) is 13.8 Å². The molecule has 0 aliphatic rings. The van der Waals surface area contributed by atoms with Crippen molar-refractivity contribution in [3.63, 3.8) is 0 Å². The molecule has 0 aromatic heterocycles. The van der Waals surface area contributed by atoms with Crippen molar-refractivity contribution in [3.8, 4) is 0 Å². The second kappa shape index (κ2) is 9.12. The van der Waals surface area contributed by atoms with E-state index >= 15 is 0 Å². The lowest BCUT2D eigenvalue weighted by Gasteiger charge is -2.31. The average molecular weight is 356 g/mol. The van der Waals surface area contributed by atoms with Gasteiger partial charge in [0.2, 0.25) is 0 Å². The highest BCUT2D eigenvalue weighted by Crippen LogP contribution is 2.15. The van der Waals surface area contributed by atoms with Gasteiger partial charge in [0.25, 0.3) is 11.8 Å². The molecule has 0 saturated heterocycles. The van der Waals surface area contributed by atoms with Crippen molar-refractivity contribution < 1.29 is 19.3 Å². The van der Waals surface area contributed by atoms with Crippen LogP contribution in [-0.4, -0.2) is 35.4 Å². The first-order valence-corrected chi connectivity index (χ1v) is 8.55. The van der Waals surface area contributed by atoms with Crippen LogP contribution in [-0.2, 0) is 9.68 Å². The normalized spacial score (nSPS) is 10.5. The van der Waals surface area contributed by atoms with Crippen LogP contribution >= 0.6 is 0 Å². The molecular formula is C20H24N2O4. The van der Waals surface area contributed by atoms with Gasteiger partial charge in [-0.05, 0) is 52.0 Å². The number of aryl methyl sites for hydroxylation is 2. The Balaban J connectivity index is 2.34. The van der Waals surface area contributed by atoms with Crippen molar-refractivity contribution in [1.82, 2.24) is 10.3 Å². The molecule has 0 N–H and O–H groups in total. The van der Waals surface area contributed by atoms with Gasteiger partial charge in [0, 0.05) is 11.1 Å². The minimum absolute atomic E-state index is 0.197. The fourth-order valence-corrected chi connectivity index (χ4v) is 2.24. The van der Waals surface area contributed by atoms with E-state index in [1.807, 2.05) is 38.1 Å². The minimum Gasteiger partial charge on any atom is -0.265 e. The number of hydrazine groups is 1. The summed E-state index contributed by atoms with van der Waals surface area (Å²) in [4.78, 5) is 36.6. The summed E-state index contributed by atoms with van der Waals surface area (Å²) in [6.07, 6.45) is 0. The molecule has 6 heteroatoms. The van der Waals surface area contributed by atoms with Crippen molar-refractivity contribution in [2.45, 2.75) is 27.7 Å². The Morgan fingerprint density at radius 2 is 1.00 bits per heavy atom. The Kier molecular flexibility index (Phi) is 6.89. The number of benzene rings is 2. The zero-order valence-electron chi connectivity index (χ0n) is 15.6. The molecule has 2 rings (SSSR count). The van der Waals surface area contributed by atoms with Crippen molar-refractivity contribution in [3.05, 3.63) is 70.8 Å². The summed E-state index contributed by atoms with van der Waals surface area (Å²) in [6.45, 7) is 7.72. The van der Waals surface area contributed by atoms with Crippen LogP contribution in [0.3, 0.4) is 0 Å². The summed E-state index contributed by atoms with van der Waals surface area (Å²) in [5.74, 6) is -0.971. The standard InChI is InChI=1S/C20H24N2O4/c1-5-25-21(19(23)17-11-7-15(3)8-12-17)22(26-6-2)20(24)18-13-9-16(4)10-14-18/h7-14H,5-6H2,1-4H3. The molecule has 0 bridgehead atoms. The predicted molar refractivity (Wildman–Crippen MR) is 97.9 cm³/mol. The summed E-state index contributed by atoms with van der Waals surface area (Å²) in [5, 5.41) is 1.74. The van der Waals surface area contributed by atoms with Gasteiger partial charge in [0.1, 0.15) is 0 Å². The third kappa shape index (κ3) is 4.68. The number of carbonyl (C=O) groups excluding carboxylic acids is 2. The molecule has 0 heterocycles. The monoisotopic (exact) mass is 356 g/mol. The average Bonchev–Trinajstić information content (AvgIpc) is 2.65. The fourth-order valence-electron chi connectivity index (χ4n) is 2.24. The van der Waals surface area contributed by atoms with Gasteiger partial charge >= 0.3 is 0 Å². The minimum atomic E-state index is -0.485. The fraction of sp³-hybridized carbons (Fsp3) is 0.300. The molecule has 2 amide bonds. The first-order valence-electron chi connectivity index (χ1n) is 8.55. The first-order chi connectivity index (χ1) is 12.5. The molecule has 0 aliphatic heterocycles. The smallest absolute Gasteiger partial charge is 0.265 e. The summed E-state index contributed by atoms with van der Waals surface area (Å²) < 4.78 is 0. The van der Waals surface area contributed by atoms with Crippen molar-refractivity contribution >= 4 is 11.8 Å². The topological polar surface area (TPSA) is 59.1 Å². The number of amides is 2. The molecule has 2 aromatic rings. The van der Waals surface area contributed by atoms with Crippen LogP contribution in [0.1, 0.15) is 45.7 Å². The lowest BCUT2D eigenvalue weighted by Crippen LogP contribution is -2.49. The highest BCUT2D eigenvalue weighted by atomic mass is 16.8. The van der Waals surface area contributed by atoms with E-state index < -0.39 is 11.8 Å². The van der Waals surface area contributed by atoms with Gasteiger partial charge in [-0.2, -0.15) is 0 Å². The molecule has 26 heavy (non-hydrogen) atoms. The number of nitrogens with zero attached hydrogens (tertiary/aromatic N) is 2. The summed E-state index contributed by atoms with van der Waals surface area (Å²) in [5.41, 5.74) is 2.85. The van der Waals surface area contributed by atoms with Crippen molar-refractivity contribution in [1.29, 1.82) is 0 Å². The Hall–Kier alpha value is -2.70. The molecular weight excluding hydrogens is 332 g/mol. The van der Waals surface area contributed by atoms with Gasteiger partial charge in [-0.15, -0.1) is 0 Å². The molecule has 138 valence electrons. The Morgan fingerprint density at radius 3 is 1.27 bits per heavy atom. The highest BCUT2D eigenvalue weighted by Gasteiger charge is 2.30. The lowest BCUT2D eigenvalue weighted by atomic mass is 10.1. The molecule has 2 aromatic carbocycles. The van der Waals surface area contributed by atoms with E-state index in [-0.39, 0.29) is 13.2 Å². The maximum Gasteiger partial charge on any atom is 0.299 e. The summed E-state index contributed by atoms with van der Waals surface area (Å²) in [6, 6.07) is 14.0. The van der Waals surface area contributed by atoms with E-state index in [1.165, 1.54) is 0 Å². The van der Waals surface area contributed by atoms with Gasteiger partial charge in [-0.3, -0.25) is 9.59 Å². The van der Waals surface area contributed by atoms with Gasteiger partial charge < -0.3 is 0 Å². The van der Waals surface area contributed by atoms with Crippen LogP contribution in [0.25, 0.3) is 0 Å². The molecule has 0 unspecified atom stereocenters. The van der Waals surface area contributed by atoms with E-state index in [2.05, 4.69) is 0 Å². The quantitative estimate of drug-likeness (QED) is 0.741. The SMILES string of the molecule is CCON(C(=O)c1ccc(C)cc1)N(OCC)C(=O)c1ccc(C)cc1. The van der Waals surface area contributed by atoms with Crippen LogP contribution < -0.4 is 0 Å². The molecule has 6 nitrogen and oxygen atoms in total. The van der Waals surface area contributed by atoms with Gasteiger partial charge in [0.15, 0.2) is 0 Å². The second-order valence-electron chi connectivity index (χ2n) is 5.72. The molecule has 0 fully saturated rings. The summed E-state index contributed by atoms with van der Waals surface area (Å²) >= 11 is 0. The third-order valence-corrected chi connectivity index (χ3v) is 3.61. The number of hydroxylamine groups is 2. The maximum atomic E-state index is 12.9. The molecule has 0 radical (unpaired) electrons. The largest absolute Gasteiger partial charge is 0.299 e. The zero-order chi connectivity index (χ0) is 19.1. The van der Waals surface area contributed by atoms with Crippen LogP contribution in [0.5, 0.6) is 0 Å². The number of carbonyl (C=O) groups is 2. The van der Waals surface area contributed by atoms with Gasteiger partial charge in [-0.1, -0.05) is 45.7 Å². The van der Waals surface area contributed by atoms with E-state index in [4.69, 9.17) is 9.68 Å². The number of hydrogen-bond acceptors (Lipinski definition) is 4. The van der Waals surface area contributed by atoms with Crippen molar-refractivity contribution in [2.24, 2.45) is 0 Å². The molecule has 0 spiro atoms. The number of hydrogen-bond donors (Lipinski definition) is 0. The van der Waals surface area contributed by atoms with Gasteiger partial charge in [0.05, 0.1) is 13.2 Å². The predicted octanol–water partition coefficient (Wildman–Crippen LogP) is 3.71.